The van der Waals surface area contributed by atoms with Gasteiger partial charge in [-0.25, -0.2) is 9.78 Å². The summed E-state index contributed by atoms with van der Waals surface area (Å²) in [5.41, 5.74) is -7.48. The van der Waals surface area contributed by atoms with Crippen molar-refractivity contribution in [2.45, 2.75) is 37.7 Å². The number of rotatable bonds is 6. The Bertz CT molecular complexity index is 1430. The molecule has 0 aliphatic carbocycles. The van der Waals surface area contributed by atoms with Crippen LogP contribution in [-0.4, -0.2) is 31.9 Å². The maximum absolute atomic E-state index is 14.3. The molecule has 204 valence electrons. The van der Waals surface area contributed by atoms with Crippen LogP contribution in [0.25, 0.3) is 0 Å². The van der Waals surface area contributed by atoms with Crippen LogP contribution in [0.2, 0.25) is 5.02 Å². The molecule has 0 unspecified atom stereocenters. The van der Waals surface area contributed by atoms with Crippen LogP contribution in [0.1, 0.15) is 45.5 Å². The number of ether oxygens (including phenoxy) is 1. The van der Waals surface area contributed by atoms with Gasteiger partial charge < -0.3 is 19.5 Å². The van der Waals surface area contributed by atoms with Crippen LogP contribution in [0, 0.1) is 6.92 Å². The summed E-state index contributed by atoms with van der Waals surface area (Å²) in [5, 5.41) is 19.6. The second kappa shape index (κ2) is 9.95. The summed E-state index contributed by atoms with van der Waals surface area (Å²) >= 11 is 6.20. The zero-order valence-corrected chi connectivity index (χ0v) is 20.5. The molecule has 2 aromatic heterocycles. The van der Waals surface area contributed by atoms with E-state index in [0.29, 0.717) is 12.3 Å². The van der Waals surface area contributed by atoms with E-state index in [-0.39, 0.29) is 21.9 Å². The van der Waals surface area contributed by atoms with Crippen molar-refractivity contribution in [1.29, 1.82) is 0 Å². The summed E-state index contributed by atoms with van der Waals surface area (Å²) in [7, 11) is 1.24. The quantitative estimate of drug-likeness (QED) is 0.367. The monoisotopic (exact) mass is 564 g/mol. The average molecular weight is 565 g/mol. The van der Waals surface area contributed by atoms with Gasteiger partial charge in [0, 0.05) is 47.6 Å². The van der Waals surface area contributed by atoms with E-state index in [0.717, 1.165) is 42.0 Å². The maximum Gasteiger partial charge on any atom is 0.422 e. The first-order valence-corrected chi connectivity index (χ1v) is 11.0. The Morgan fingerprint density at radius 3 is 2.26 bits per heavy atom. The van der Waals surface area contributed by atoms with Gasteiger partial charge in [-0.2, -0.15) is 26.3 Å². The maximum atomic E-state index is 14.3. The summed E-state index contributed by atoms with van der Waals surface area (Å²) in [6.45, 7) is 2.37. The molecular formula is C24H19ClF6N2O5. The Labute approximate surface area is 215 Å². The molecule has 38 heavy (non-hydrogen) atoms. The van der Waals surface area contributed by atoms with E-state index < -0.39 is 58.0 Å². The van der Waals surface area contributed by atoms with Gasteiger partial charge in [-0.1, -0.05) is 24.6 Å². The summed E-state index contributed by atoms with van der Waals surface area (Å²) in [4.78, 5) is 26.6. The number of alkyl halides is 6. The summed E-state index contributed by atoms with van der Waals surface area (Å²) in [6, 6.07) is 4.49. The molecule has 7 nitrogen and oxygen atoms in total. The van der Waals surface area contributed by atoms with Crippen molar-refractivity contribution in [2.24, 2.45) is 7.05 Å². The highest BCUT2D eigenvalue weighted by atomic mass is 35.5. The highest BCUT2D eigenvalue weighted by Gasteiger charge is 2.59. The lowest BCUT2D eigenvalue weighted by atomic mass is 9.78. The molecule has 3 aromatic rings. The number of nitrogens with zero attached hydrogens (tertiary/aromatic N) is 2. The first-order valence-electron chi connectivity index (χ1n) is 10.6. The van der Waals surface area contributed by atoms with Crippen LogP contribution < -0.4 is 10.3 Å². The molecule has 14 heteroatoms. The summed E-state index contributed by atoms with van der Waals surface area (Å²) in [5.74, 6) is -4.44. The predicted molar refractivity (Wildman–Crippen MR) is 123 cm³/mol. The first-order chi connectivity index (χ1) is 17.4. The van der Waals surface area contributed by atoms with Gasteiger partial charge in [-0.15, -0.1) is 0 Å². The Morgan fingerprint density at radius 1 is 1.13 bits per heavy atom. The van der Waals surface area contributed by atoms with Crippen molar-refractivity contribution in [3.8, 4) is 11.6 Å². The highest BCUT2D eigenvalue weighted by Crippen LogP contribution is 2.50. The normalized spacial score (nSPS) is 14.6. The Balaban J connectivity index is 2.02. The topological polar surface area (TPSA) is 102 Å². The molecule has 2 heterocycles. The third-order valence-electron chi connectivity index (χ3n) is 5.94. The first kappa shape index (κ1) is 29.0. The average Bonchev–Trinajstić information content (AvgIpc) is 2.80. The fourth-order valence-corrected chi connectivity index (χ4v) is 4.24. The van der Waals surface area contributed by atoms with Crippen molar-refractivity contribution >= 4 is 17.6 Å². The molecule has 2 N–H and O–H groups in total. The van der Waals surface area contributed by atoms with Crippen molar-refractivity contribution in [3.63, 3.8) is 0 Å². The number of benzene rings is 1. The SMILES string of the molecule is Cc1cc([C@@](O)([C@@H](C)c2ccc(Oc3cc(C(F)(F)F)c(C(=O)O)cn3)cc2Cl)C(F)(F)F)cn(C)c1=O. The largest absolute Gasteiger partial charge is 0.478 e. The molecule has 1 aromatic carbocycles. The van der Waals surface area contributed by atoms with Crippen molar-refractivity contribution < 1.29 is 46.1 Å². The number of hydrogen-bond acceptors (Lipinski definition) is 5. The zero-order chi connectivity index (χ0) is 28.8. The molecule has 0 spiro atoms. The van der Waals surface area contributed by atoms with Gasteiger partial charge >= 0.3 is 18.3 Å². The molecule has 3 rings (SSSR count). The number of carboxylic acid groups (broad SMARTS) is 1. The molecular weight excluding hydrogens is 546 g/mol. The third-order valence-corrected chi connectivity index (χ3v) is 6.26. The fourth-order valence-electron chi connectivity index (χ4n) is 3.91. The Hall–Kier alpha value is -3.58. The fraction of sp³-hybridized carbons (Fsp3) is 0.292. The second-order valence-corrected chi connectivity index (χ2v) is 8.88. The van der Waals surface area contributed by atoms with E-state index in [4.69, 9.17) is 21.4 Å². The highest BCUT2D eigenvalue weighted by molar-refractivity contribution is 6.31. The van der Waals surface area contributed by atoms with Crippen LogP contribution in [-0.2, 0) is 18.8 Å². The molecule has 2 atom stereocenters. The minimum Gasteiger partial charge on any atom is -0.478 e. The third kappa shape index (κ3) is 5.34. The van der Waals surface area contributed by atoms with Crippen LogP contribution in [0.5, 0.6) is 11.6 Å². The lowest BCUT2D eigenvalue weighted by Crippen LogP contribution is -2.47. The van der Waals surface area contributed by atoms with Crippen LogP contribution in [0.4, 0.5) is 26.3 Å². The van der Waals surface area contributed by atoms with E-state index >= 15 is 0 Å². The van der Waals surface area contributed by atoms with Gasteiger partial charge in [0.1, 0.15) is 5.75 Å². The number of carboxylic acids is 1. The molecule has 0 saturated heterocycles. The molecule has 0 aliphatic rings. The number of aryl methyl sites for hydroxylation is 2. The molecule has 0 amide bonds. The van der Waals surface area contributed by atoms with E-state index in [1.807, 2.05) is 0 Å². The summed E-state index contributed by atoms with van der Waals surface area (Å²) in [6.07, 6.45) is -8.92. The number of aromatic nitrogens is 2. The number of aliphatic hydroxyl groups is 1. The van der Waals surface area contributed by atoms with Crippen LogP contribution >= 0.6 is 11.6 Å². The molecule has 0 aliphatic heterocycles. The van der Waals surface area contributed by atoms with Gasteiger partial charge in [-0.05, 0) is 30.7 Å². The van der Waals surface area contributed by atoms with Gasteiger partial charge in [-0.3, -0.25) is 4.79 Å². The van der Waals surface area contributed by atoms with Gasteiger partial charge in [0.05, 0.1) is 11.1 Å². The van der Waals surface area contributed by atoms with Gasteiger partial charge in [0.15, 0.2) is 5.60 Å². The minimum absolute atomic E-state index is 0.0330. The number of carbonyl (C=O) groups is 1. The molecule has 0 saturated carbocycles. The Kier molecular flexibility index (Phi) is 7.59. The van der Waals surface area contributed by atoms with E-state index in [1.165, 1.54) is 14.0 Å². The summed E-state index contributed by atoms with van der Waals surface area (Å²) < 4.78 is 88.7. The number of aromatic carboxylic acids is 1. The van der Waals surface area contributed by atoms with E-state index in [1.54, 1.807) is 0 Å². The number of halogens is 7. The van der Waals surface area contributed by atoms with E-state index in [2.05, 4.69) is 4.98 Å². The molecule has 0 fully saturated rings. The van der Waals surface area contributed by atoms with Crippen LogP contribution in [0.3, 0.4) is 0 Å². The van der Waals surface area contributed by atoms with Gasteiger partial charge in [0.25, 0.3) is 5.56 Å². The Morgan fingerprint density at radius 2 is 1.76 bits per heavy atom. The standard InChI is InChI=1S/C24H19ClF6N2O5/c1-11-6-13(10-33(3)20(11)34)22(37,24(29,30)31)12(2)15-5-4-14(7-18(15)25)38-19-8-17(23(26,27)28)16(9-32-19)21(35)36/h4-10,12,37H,1-3H3,(H,35,36)/t12-,22-/m0/s1. The predicted octanol–water partition coefficient (Wildman–Crippen LogP) is 5.81. The zero-order valence-electron chi connectivity index (χ0n) is 19.8. The lowest BCUT2D eigenvalue weighted by Gasteiger charge is -2.37. The number of pyridine rings is 2. The van der Waals surface area contributed by atoms with Crippen molar-refractivity contribution in [1.82, 2.24) is 9.55 Å². The minimum atomic E-state index is -5.21. The van der Waals surface area contributed by atoms with E-state index in [9.17, 15) is 41.0 Å². The van der Waals surface area contributed by atoms with Crippen molar-refractivity contribution in [2.75, 3.05) is 0 Å². The van der Waals surface area contributed by atoms with Crippen LogP contribution in [0.15, 0.2) is 47.5 Å². The smallest absolute Gasteiger partial charge is 0.422 e. The second-order valence-electron chi connectivity index (χ2n) is 8.47. The lowest BCUT2D eigenvalue weighted by molar-refractivity contribution is -0.274. The number of hydrogen-bond donors (Lipinski definition) is 2. The van der Waals surface area contributed by atoms with Gasteiger partial charge in [0.2, 0.25) is 5.88 Å². The molecule has 0 radical (unpaired) electrons. The van der Waals surface area contributed by atoms with Crippen molar-refractivity contribution in [3.05, 3.63) is 85.9 Å². The molecule has 0 bridgehead atoms.